The molecule has 0 saturated heterocycles. The number of hydrogen-bond acceptors (Lipinski definition) is 3. The highest BCUT2D eigenvalue weighted by molar-refractivity contribution is 5.81. The third-order valence-corrected chi connectivity index (χ3v) is 6.19. The lowest BCUT2D eigenvalue weighted by Gasteiger charge is -2.38. The van der Waals surface area contributed by atoms with Gasteiger partial charge in [-0.1, -0.05) is 32.0 Å². The van der Waals surface area contributed by atoms with Gasteiger partial charge in [-0.25, -0.2) is 0 Å². The predicted molar refractivity (Wildman–Crippen MR) is 114 cm³/mol. The average Bonchev–Trinajstić information content (AvgIpc) is 3.36. The molecular formula is C24H24F6N2O2. The third-order valence-electron chi connectivity index (χ3n) is 6.19. The zero-order valence-corrected chi connectivity index (χ0v) is 18.5. The largest absolute Gasteiger partial charge is 0.493 e. The molecule has 4 rings (SSSR count). The standard InChI is InChI=1S/C24H24F6N2O2/c1-21(2,18-5-3-4-14-8-9-34-20(14)18)13-22(33,24(28,29)30)31-12-17-11-15-10-16(23(25,26)27)6-7-19(15)32-17/h3-7,10-11,31-33H,8-9,12-13H2,1-2H3. The van der Waals surface area contributed by atoms with Crippen molar-refractivity contribution in [2.45, 2.75) is 56.7 Å². The van der Waals surface area contributed by atoms with Crippen molar-refractivity contribution in [1.82, 2.24) is 10.3 Å². The fourth-order valence-corrected chi connectivity index (χ4v) is 4.45. The van der Waals surface area contributed by atoms with Crippen LogP contribution in [0.1, 0.15) is 42.7 Å². The molecule has 1 aromatic heterocycles. The molecule has 0 amide bonds. The number of nitrogens with one attached hydrogen (secondary N) is 2. The SMILES string of the molecule is CC(C)(CC(O)(NCc1cc2cc(C(F)(F)F)ccc2[nH]1)C(F)(F)F)c1cccc2c1OCC2. The molecule has 10 heteroatoms. The Morgan fingerprint density at radius 2 is 1.76 bits per heavy atom. The first-order valence-electron chi connectivity index (χ1n) is 10.7. The lowest BCUT2D eigenvalue weighted by atomic mass is 9.76. The van der Waals surface area contributed by atoms with Gasteiger partial charge in [-0.15, -0.1) is 0 Å². The van der Waals surface area contributed by atoms with Gasteiger partial charge in [0.15, 0.2) is 0 Å². The van der Waals surface area contributed by atoms with Gasteiger partial charge in [0.2, 0.25) is 5.72 Å². The molecule has 2 heterocycles. The van der Waals surface area contributed by atoms with Crippen LogP contribution in [-0.2, 0) is 24.6 Å². The van der Waals surface area contributed by atoms with Crippen molar-refractivity contribution in [2.75, 3.05) is 6.61 Å². The van der Waals surface area contributed by atoms with Crippen molar-refractivity contribution < 1.29 is 36.2 Å². The van der Waals surface area contributed by atoms with E-state index < -0.39 is 42.0 Å². The summed E-state index contributed by atoms with van der Waals surface area (Å²) in [6.07, 6.45) is -9.59. The molecular weight excluding hydrogens is 462 g/mol. The van der Waals surface area contributed by atoms with E-state index in [0.717, 1.165) is 17.7 Å². The topological polar surface area (TPSA) is 57.3 Å². The number of fused-ring (bicyclic) bond motifs is 2. The number of aromatic nitrogens is 1. The molecule has 0 radical (unpaired) electrons. The lowest BCUT2D eigenvalue weighted by molar-refractivity contribution is -0.280. The van der Waals surface area contributed by atoms with Gasteiger partial charge in [0.05, 0.1) is 12.2 Å². The van der Waals surface area contributed by atoms with Crippen LogP contribution in [0.4, 0.5) is 26.3 Å². The molecule has 184 valence electrons. The van der Waals surface area contributed by atoms with Crippen molar-refractivity contribution in [3.05, 3.63) is 64.8 Å². The molecule has 2 aromatic carbocycles. The fourth-order valence-electron chi connectivity index (χ4n) is 4.45. The van der Waals surface area contributed by atoms with Crippen LogP contribution in [0.25, 0.3) is 10.9 Å². The number of benzene rings is 2. The van der Waals surface area contributed by atoms with Gasteiger partial charge in [0.25, 0.3) is 0 Å². The van der Waals surface area contributed by atoms with Gasteiger partial charge in [-0.3, -0.25) is 5.32 Å². The van der Waals surface area contributed by atoms with E-state index in [4.69, 9.17) is 4.74 Å². The Bertz CT molecular complexity index is 1200. The Kier molecular flexibility index (Phi) is 5.88. The molecule has 0 fully saturated rings. The van der Waals surface area contributed by atoms with Crippen LogP contribution in [0.5, 0.6) is 5.75 Å². The maximum absolute atomic E-state index is 14.0. The van der Waals surface area contributed by atoms with Crippen LogP contribution >= 0.6 is 0 Å². The third kappa shape index (κ3) is 4.61. The van der Waals surface area contributed by atoms with Gasteiger partial charge in [0.1, 0.15) is 5.75 Å². The molecule has 3 aromatic rings. The predicted octanol–water partition coefficient (Wildman–Crippen LogP) is 5.83. The van der Waals surface area contributed by atoms with Crippen molar-refractivity contribution in [3.63, 3.8) is 0 Å². The van der Waals surface area contributed by atoms with Gasteiger partial charge in [0, 0.05) is 41.5 Å². The molecule has 4 nitrogen and oxygen atoms in total. The van der Waals surface area contributed by atoms with Gasteiger partial charge in [-0.2, -0.15) is 26.3 Å². The second-order valence-electron chi connectivity index (χ2n) is 9.26. The van der Waals surface area contributed by atoms with E-state index >= 15 is 0 Å². The first-order valence-corrected chi connectivity index (χ1v) is 10.7. The molecule has 3 N–H and O–H groups in total. The Labute approximate surface area is 191 Å². The minimum atomic E-state index is -5.02. The first kappa shape index (κ1) is 24.4. The van der Waals surface area contributed by atoms with Gasteiger partial charge >= 0.3 is 12.4 Å². The average molecular weight is 486 g/mol. The number of alkyl halides is 6. The molecule has 1 unspecified atom stereocenters. The number of aliphatic hydroxyl groups is 1. The highest BCUT2D eigenvalue weighted by atomic mass is 19.4. The summed E-state index contributed by atoms with van der Waals surface area (Å²) in [6.45, 7) is 3.21. The second kappa shape index (κ2) is 8.20. The van der Waals surface area contributed by atoms with Crippen LogP contribution in [0, 0.1) is 0 Å². The van der Waals surface area contributed by atoms with Gasteiger partial charge in [-0.05, 0) is 35.2 Å². The molecule has 1 aliphatic rings. The number of ether oxygens (including phenoxy) is 1. The maximum Gasteiger partial charge on any atom is 0.431 e. The normalized spacial score (nSPS) is 16.4. The van der Waals surface area contributed by atoms with E-state index in [1.165, 1.54) is 12.1 Å². The minimum Gasteiger partial charge on any atom is -0.493 e. The molecule has 34 heavy (non-hydrogen) atoms. The van der Waals surface area contributed by atoms with Crippen LogP contribution in [0.15, 0.2) is 42.5 Å². The number of aromatic amines is 1. The molecule has 1 atom stereocenters. The fraction of sp³-hybridized carbons (Fsp3) is 0.417. The van der Waals surface area contributed by atoms with E-state index in [1.807, 2.05) is 6.07 Å². The Balaban J connectivity index is 1.58. The number of hydrogen-bond donors (Lipinski definition) is 3. The summed E-state index contributed by atoms with van der Waals surface area (Å²) in [5.41, 5.74) is -3.20. The highest BCUT2D eigenvalue weighted by Crippen LogP contribution is 2.44. The molecule has 0 saturated carbocycles. The Morgan fingerprint density at radius 1 is 1.03 bits per heavy atom. The van der Waals surface area contributed by atoms with Crippen LogP contribution < -0.4 is 10.1 Å². The van der Waals surface area contributed by atoms with E-state index in [2.05, 4.69) is 10.3 Å². The summed E-state index contributed by atoms with van der Waals surface area (Å²) in [5.74, 6) is 0.549. The van der Waals surface area contributed by atoms with E-state index in [0.29, 0.717) is 29.9 Å². The summed E-state index contributed by atoms with van der Waals surface area (Å²) >= 11 is 0. The summed E-state index contributed by atoms with van der Waals surface area (Å²) < 4.78 is 86.6. The van der Waals surface area contributed by atoms with Crippen molar-refractivity contribution >= 4 is 10.9 Å². The molecule has 1 aliphatic heterocycles. The summed E-state index contributed by atoms with van der Waals surface area (Å²) in [6, 6.07) is 9.67. The van der Waals surface area contributed by atoms with Crippen LogP contribution in [0.3, 0.4) is 0 Å². The first-order chi connectivity index (χ1) is 15.7. The minimum absolute atomic E-state index is 0.207. The molecule has 0 bridgehead atoms. The van der Waals surface area contributed by atoms with E-state index in [-0.39, 0.29) is 11.1 Å². The van der Waals surface area contributed by atoms with Crippen molar-refractivity contribution in [3.8, 4) is 5.75 Å². The Morgan fingerprint density at radius 3 is 2.44 bits per heavy atom. The number of rotatable bonds is 6. The zero-order valence-electron chi connectivity index (χ0n) is 18.5. The number of halogens is 6. The van der Waals surface area contributed by atoms with Crippen LogP contribution in [-0.4, -0.2) is 28.6 Å². The smallest absolute Gasteiger partial charge is 0.431 e. The number of para-hydroxylation sites is 1. The Hall–Kier alpha value is -2.72. The van der Waals surface area contributed by atoms with Crippen LogP contribution in [0.2, 0.25) is 0 Å². The maximum atomic E-state index is 14.0. The summed E-state index contributed by atoms with van der Waals surface area (Å²) in [5, 5.41) is 13.1. The lowest BCUT2D eigenvalue weighted by Crippen LogP contribution is -2.59. The monoisotopic (exact) mass is 486 g/mol. The summed E-state index contributed by atoms with van der Waals surface area (Å²) in [4.78, 5) is 2.80. The zero-order chi connectivity index (χ0) is 24.9. The second-order valence-corrected chi connectivity index (χ2v) is 9.26. The van der Waals surface area contributed by atoms with E-state index in [1.54, 1.807) is 26.0 Å². The van der Waals surface area contributed by atoms with Crippen molar-refractivity contribution in [1.29, 1.82) is 0 Å². The highest BCUT2D eigenvalue weighted by Gasteiger charge is 2.56. The molecule has 0 aliphatic carbocycles. The summed E-state index contributed by atoms with van der Waals surface area (Å²) in [7, 11) is 0. The van der Waals surface area contributed by atoms with Crippen molar-refractivity contribution in [2.24, 2.45) is 0 Å². The number of H-pyrrole nitrogens is 1. The quantitative estimate of drug-likeness (QED) is 0.304. The van der Waals surface area contributed by atoms with Gasteiger partial charge < -0.3 is 14.8 Å². The molecule has 0 spiro atoms. The van der Waals surface area contributed by atoms with E-state index in [9.17, 15) is 31.4 Å².